The van der Waals surface area contributed by atoms with Crippen LogP contribution in [0.1, 0.15) is 65.9 Å². The largest absolute Gasteiger partial charge is 0.462 e. The third-order valence-electron chi connectivity index (χ3n) is 5.41. The fourth-order valence-corrected chi connectivity index (χ4v) is 4.33. The summed E-state index contributed by atoms with van der Waals surface area (Å²) in [7, 11) is 0. The molecule has 0 saturated carbocycles. The van der Waals surface area contributed by atoms with E-state index in [0.29, 0.717) is 29.9 Å². The number of nitrogens with zero attached hydrogens (tertiary/aromatic N) is 1. The maximum atomic E-state index is 13.2. The molecule has 3 rings (SSSR count). The Bertz CT molecular complexity index is 937. The molecule has 1 aromatic rings. The Morgan fingerprint density at radius 3 is 2.33 bits per heavy atom. The lowest BCUT2D eigenvalue weighted by Crippen LogP contribution is -2.40. The Balaban J connectivity index is 2.10. The Labute approximate surface area is 177 Å². The number of rotatable bonds is 4. The Kier molecular flexibility index (Phi) is 5.97. The summed E-state index contributed by atoms with van der Waals surface area (Å²) in [6.45, 7) is 10.9. The van der Waals surface area contributed by atoms with E-state index in [9.17, 15) is 14.4 Å². The number of carbonyl (C=O) groups excluding carboxylic acids is 3. The molecule has 1 aromatic carbocycles. The third-order valence-corrected chi connectivity index (χ3v) is 5.41. The third kappa shape index (κ3) is 4.53. The van der Waals surface area contributed by atoms with Crippen LogP contribution in [0, 0.1) is 11.3 Å². The molecule has 6 nitrogen and oxygen atoms in total. The molecule has 0 bridgehead atoms. The molecule has 0 fully saturated rings. The molecule has 0 amide bonds. The molecule has 1 heterocycles. The van der Waals surface area contributed by atoms with E-state index in [1.807, 2.05) is 6.92 Å². The summed E-state index contributed by atoms with van der Waals surface area (Å²) in [5.74, 6) is -1.50. The molecule has 30 heavy (non-hydrogen) atoms. The first-order valence-corrected chi connectivity index (χ1v) is 10.3. The highest BCUT2D eigenvalue weighted by Gasteiger charge is 2.46. The van der Waals surface area contributed by atoms with Gasteiger partial charge in [0.25, 0.3) is 0 Å². The van der Waals surface area contributed by atoms with Crippen molar-refractivity contribution in [3.8, 4) is 5.75 Å². The van der Waals surface area contributed by atoms with Crippen molar-refractivity contribution in [3.05, 3.63) is 41.1 Å². The molecular formula is C24H29NO5. The fraction of sp³-hybridized carbons (Fsp3) is 0.500. The molecule has 1 aliphatic carbocycles. The van der Waals surface area contributed by atoms with Crippen LogP contribution in [0.15, 0.2) is 40.5 Å². The Morgan fingerprint density at radius 2 is 1.77 bits per heavy atom. The zero-order chi connectivity index (χ0) is 22.2. The van der Waals surface area contributed by atoms with Crippen molar-refractivity contribution in [2.45, 2.75) is 66.4 Å². The molecule has 0 N–H and O–H groups in total. The minimum atomic E-state index is -0.670. The molecule has 0 saturated heterocycles. The first kappa shape index (κ1) is 21.9. The lowest BCUT2D eigenvalue weighted by Gasteiger charge is -2.39. The van der Waals surface area contributed by atoms with Gasteiger partial charge in [-0.2, -0.15) is 0 Å². The van der Waals surface area contributed by atoms with Crippen molar-refractivity contribution >= 4 is 23.4 Å². The second-order valence-corrected chi connectivity index (χ2v) is 9.16. The lowest BCUT2D eigenvalue weighted by molar-refractivity contribution is -0.150. The van der Waals surface area contributed by atoms with Crippen LogP contribution in [0.2, 0.25) is 0 Å². The van der Waals surface area contributed by atoms with Gasteiger partial charge < -0.3 is 9.47 Å². The molecule has 0 radical (unpaired) electrons. The van der Waals surface area contributed by atoms with Gasteiger partial charge in [-0.25, -0.2) is 0 Å². The summed E-state index contributed by atoms with van der Waals surface area (Å²) in [4.78, 5) is 42.1. The average molecular weight is 411 g/mol. The molecule has 2 atom stereocenters. The number of hydrogen-bond acceptors (Lipinski definition) is 6. The van der Waals surface area contributed by atoms with Crippen molar-refractivity contribution in [2.24, 2.45) is 16.3 Å². The number of esters is 2. The van der Waals surface area contributed by atoms with Gasteiger partial charge in [0, 0.05) is 36.2 Å². The van der Waals surface area contributed by atoms with Crippen LogP contribution in [-0.2, 0) is 19.1 Å². The molecule has 6 heteroatoms. The summed E-state index contributed by atoms with van der Waals surface area (Å²) in [6, 6.07) is 6.96. The van der Waals surface area contributed by atoms with Gasteiger partial charge in [-0.1, -0.05) is 26.0 Å². The average Bonchev–Trinajstić information content (AvgIpc) is 2.58. The van der Waals surface area contributed by atoms with Crippen molar-refractivity contribution in [1.82, 2.24) is 0 Å². The minimum Gasteiger partial charge on any atom is -0.462 e. The van der Waals surface area contributed by atoms with Crippen molar-refractivity contribution in [3.63, 3.8) is 0 Å². The van der Waals surface area contributed by atoms with E-state index in [4.69, 9.17) is 14.5 Å². The molecule has 1 aliphatic heterocycles. The van der Waals surface area contributed by atoms with Gasteiger partial charge in [0.05, 0.1) is 6.10 Å². The van der Waals surface area contributed by atoms with Crippen molar-refractivity contribution in [1.29, 1.82) is 0 Å². The van der Waals surface area contributed by atoms with E-state index in [2.05, 4.69) is 13.8 Å². The zero-order valence-electron chi connectivity index (χ0n) is 18.4. The van der Waals surface area contributed by atoms with Gasteiger partial charge >= 0.3 is 11.9 Å². The van der Waals surface area contributed by atoms with E-state index >= 15 is 0 Å². The fourth-order valence-electron chi connectivity index (χ4n) is 4.33. The van der Waals surface area contributed by atoms with E-state index in [0.717, 1.165) is 11.3 Å². The molecular weight excluding hydrogens is 382 g/mol. The number of ether oxygens (including phenoxy) is 2. The second kappa shape index (κ2) is 8.17. The summed E-state index contributed by atoms with van der Waals surface area (Å²) in [6.07, 6.45) is 0.821. The molecule has 2 aliphatic rings. The predicted molar refractivity (Wildman–Crippen MR) is 113 cm³/mol. The summed E-state index contributed by atoms with van der Waals surface area (Å²) in [5.41, 5.74) is 2.64. The van der Waals surface area contributed by atoms with E-state index in [-0.39, 0.29) is 23.3 Å². The summed E-state index contributed by atoms with van der Waals surface area (Å²) < 4.78 is 10.6. The molecule has 0 spiro atoms. The lowest BCUT2D eigenvalue weighted by atomic mass is 9.67. The first-order chi connectivity index (χ1) is 14.0. The van der Waals surface area contributed by atoms with Crippen LogP contribution in [-0.4, -0.2) is 29.5 Å². The van der Waals surface area contributed by atoms with Gasteiger partial charge in [0.2, 0.25) is 0 Å². The molecule has 160 valence electrons. The molecule has 1 unspecified atom stereocenters. The monoisotopic (exact) mass is 411 g/mol. The van der Waals surface area contributed by atoms with Crippen LogP contribution < -0.4 is 4.74 Å². The SMILES string of the molecule is CC(=O)Oc1ccc([C@@H]2C3=C(CC(C)(C)CC3=O)N=C(C)C2C(=O)OC(C)C)cc1. The van der Waals surface area contributed by atoms with E-state index in [1.165, 1.54) is 6.92 Å². The van der Waals surface area contributed by atoms with E-state index < -0.39 is 17.8 Å². The maximum Gasteiger partial charge on any atom is 0.315 e. The second-order valence-electron chi connectivity index (χ2n) is 9.16. The molecule has 0 aromatic heterocycles. The van der Waals surface area contributed by atoms with Crippen LogP contribution in [0.4, 0.5) is 0 Å². The van der Waals surface area contributed by atoms with Crippen LogP contribution in [0.5, 0.6) is 5.75 Å². The van der Waals surface area contributed by atoms with Crippen LogP contribution >= 0.6 is 0 Å². The highest BCUT2D eigenvalue weighted by atomic mass is 16.5. The smallest absolute Gasteiger partial charge is 0.315 e. The predicted octanol–water partition coefficient (Wildman–Crippen LogP) is 4.38. The van der Waals surface area contributed by atoms with E-state index in [1.54, 1.807) is 38.1 Å². The number of allylic oxidation sites excluding steroid dienone is 2. The number of aliphatic imine (C=N–C) groups is 1. The van der Waals surface area contributed by atoms with Crippen molar-refractivity contribution < 1.29 is 23.9 Å². The van der Waals surface area contributed by atoms with Gasteiger partial charge in [-0.05, 0) is 50.3 Å². The standard InChI is InChI=1S/C24H29NO5/c1-13(2)29-23(28)20-14(3)25-18-11-24(5,6)12-19(27)22(18)21(20)16-7-9-17(10-8-16)30-15(4)26/h7-10,13,20-21H,11-12H2,1-6H3/t20?,21-/m0/s1. The number of ketones is 1. The quantitative estimate of drug-likeness (QED) is 0.542. The van der Waals surface area contributed by atoms with Gasteiger partial charge in [0.15, 0.2) is 5.78 Å². The zero-order valence-corrected chi connectivity index (χ0v) is 18.4. The number of benzene rings is 1. The summed E-state index contributed by atoms with van der Waals surface area (Å²) >= 11 is 0. The topological polar surface area (TPSA) is 82.0 Å². The first-order valence-electron chi connectivity index (χ1n) is 10.3. The van der Waals surface area contributed by atoms with Gasteiger partial charge in [-0.3, -0.25) is 19.4 Å². The highest BCUT2D eigenvalue weighted by Crippen LogP contribution is 2.48. The number of Topliss-reactive ketones (excluding diaryl/α,β-unsaturated/α-hetero) is 1. The van der Waals surface area contributed by atoms with Gasteiger partial charge in [0.1, 0.15) is 11.7 Å². The van der Waals surface area contributed by atoms with Gasteiger partial charge in [-0.15, -0.1) is 0 Å². The van der Waals surface area contributed by atoms with Crippen molar-refractivity contribution in [2.75, 3.05) is 0 Å². The Hall–Kier alpha value is -2.76. The summed E-state index contributed by atoms with van der Waals surface area (Å²) in [5, 5.41) is 0. The maximum absolute atomic E-state index is 13.2. The normalized spacial score (nSPS) is 23.0. The number of hydrogen-bond donors (Lipinski definition) is 0. The van der Waals surface area contributed by atoms with Crippen LogP contribution in [0.3, 0.4) is 0 Å². The van der Waals surface area contributed by atoms with Crippen LogP contribution in [0.25, 0.3) is 0 Å². The Morgan fingerprint density at radius 1 is 1.13 bits per heavy atom. The highest BCUT2D eigenvalue weighted by molar-refractivity contribution is 6.09. The number of carbonyl (C=O) groups is 3. The minimum absolute atomic E-state index is 0.0221.